The molecule has 1 aliphatic carbocycles. The minimum absolute atomic E-state index is 0.681. The molecule has 74 valence electrons. The minimum Gasteiger partial charge on any atom is -0.399 e. The summed E-state index contributed by atoms with van der Waals surface area (Å²) in [4.78, 5) is 0. The molecule has 2 heteroatoms. The topological polar surface area (TPSA) is 38.0 Å². The molecule has 2 nitrogen and oxygen atoms in total. The highest BCUT2D eigenvalue weighted by atomic mass is 15.0. The Kier molecular flexibility index (Phi) is 1.69. The maximum absolute atomic E-state index is 5.78. The Morgan fingerprint density at radius 1 is 1.21 bits per heavy atom. The first-order valence-electron chi connectivity index (χ1n) is 5.50. The summed E-state index contributed by atoms with van der Waals surface area (Å²) in [6.45, 7) is 0. The van der Waals surface area contributed by atoms with Crippen molar-refractivity contribution in [3.8, 4) is 0 Å². The van der Waals surface area contributed by atoms with Crippen molar-refractivity contribution in [1.82, 2.24) is 0 Å². The van der Waals surface area contributed by atoms with Crippen LogP contribution in [-0.2, 0) is 0 Å². The summed E-state index contributed by atoms with van der Waals surface area (Å²) in [7, 11) is 0. The monoisotopic (exact) mass is 188 g/mol. The van der Waals surface area contributed by atoms with Crippen LogP contribution in [-0.4, -0.2) is 6.04 Å². The lowest BCUT2D eigenvalue weighted by molar-refractivity contribution is 0.422. The number of benzene rings is 1. The number of hydrogen-bond donors (Lipinski definition) is 2. The molecule has 1 fully saturated rings. The average Bonchev–Trinajstić information content (AvgIpc) is 2.54. The van der Waals surface area contributed by atoms with Gasteiger partial charge in [0.1, 0.15) is 0 Å². The molecular weight excluding hydrogens is 172 g/mol. The van der Waals surface area contributed by atoms with Crippen LogP contribution in [0.4, 0.5) is 11.4 Å². The van der Waals surface area contributed by atoms with E-state index >= 15 is 0 Å². The Balaban J connectivity index is 2.01. The van der Waals surface area contributed by atoms with Crippen molar-refractivity contribution >= 4 is 11.4 Å². The van der Waals surface area contributed by atoms with Gasteiger partial charge in [0.15, 0.2) is 0 Å². The van der Waals surface area contributed by atoms with E-state index in [1.165, 1.54) is 36.9 Å². The molecule has 1 saturated carbocycles. The molecule has 1 aromatic rings. The number of nitrogen functional groups attached to an aromatic ring is 1. The summed E-state index contributed by atoms with van der Waals surface area (Å²) in [5, 5.41) is 3.60. The fraction of sp³-hybridized carbons (Fsp3) is 0.500. The van der Waals surface area contributed by atoms with Crippen molar-refractivity contribution in [2.75, 3.05) is 11.1 Å². The summed E-state index contributed by atoms with van der Waals surface area (Å²) in [6.07, 6.45) is 5.41. The molecule has 1 aliphatic heterocycles. The van der Waals surface area contributed by atoms with Crippen molar-refractivity contribution < 1.29 is 0 Å². The van der Waals surface area contributed by atoms with E-state index in [2.05, 4.69) is 17.4 Å². The predicted octanol–water partition coefficient (Wildman–Crippen LogP) is 2.72. The number of nitrogens with one attached hydrogen (secondary N) is 1. The Hall–Kier alpha value is -1.18. The molecule has 0 spiro atoms. The van der Waals surface area contributed by atoms with Gasteiger partial charge in [-0.2, -0.15) is 0 Å². The molecule has 1 aromatic carbocycles. The number of anilines is 2. The van der Waals surface area contributed by atoms with E-state index in [4.69, 9.17) is 5.73 Å². The maximum Gasteiger partial charge on any atom is 0.0399 e. The van der Waals surface area contributed by atoms with Crippen molar-refractivity contribution in [2.45, 2.75) is 37.6 Å². The molecule has 2 aliphatic rings. The van der Waals surface area contributed by atoms with Gasteiger partial charge in [-0.15, -0.1) is 0 Å². The Labute approximate surface area is 84.5 Å². The van der Waals surface area contributed by atoms with Crippen LogP contribution < -0.4 is 11.1 Å². The zero-order valence-corrected chi connectivity index (χ0v) is 8.29. The van der Waals surface area contributed by atoms with Crippen LogP contribution in [0.15, 0.2) is 18.2 Å². The highest BCUT2D eigenvalue weighted by Gasteiger charge is 2.33. The first kappa shape index (κ1) is 8.16. The maximum atomic E-state index is 5.78. The van der Waals surface area contributed by atoms with Crippen LogP contribution in [0.5, 0.6) is 0 Å². The number of hydrogen-bond acceptors (Lipinski definition) is 2. The molecule has 0 saturated heterocycles. The lowest BCUT2D eigenvalue weighted by Crippen LogP contribution is -2.23. The largest absolute Gasteiger partial charge is 0.399 e. The highest BCUT2D eigenvalue weighted by Crippen LogP contribution is 2.44. The summed E-state index contributed by atoms with van der Waals surface area (Å²) in [5.74, 6) is 0.749. The average molecular weight is 188 g/mol. The second-order valence-corrected chi connectivity index (χ2v) is 4.49. The first-order chi connectivity index (χ1) is 6.84. The van der Waals surface area contributed by atoms with Gasteiger partial charge in [-0.05, 0) is 30.5 Å². The smallest absolute Gasteiger partial charge is 0.0399 e. The Bertz CT molecular complexity index is 359. The highest BCUT2D eigenvalue weighted by molar-refractivity contribution is 5.65. The molecule has 2 atom stereocenters. The van der Waals surface area contributed by atoms with Crippen LogP contribution in [0.1, 0.15) is 37.2 Å². The molecule has 0 radical (unpaired) electrons. The fourth-order valence-corrected chi connectivity index (χ4v) is 2.90. The van der Waals surface area contributed by atoms with E-state index in [-0.39, 0.29) is 0 Å². The molecule has 1 heterocycles. The van der Waals surface area contributed by atoms with Gasteiger partial charge in [-0.1, -0.05) is 18.9 Å². The molecular formula is C12H16N2. The third-order valence-electron chi connectivity index (χ3n) is 3.58. The van der Waals surface area contributed by atoms with Gasteiger partial charge in [0, 0.05) is 23.3 Å². The minimum atomic E-state index is 0.681. The molecule has 3 rings (SSSR count). The third-order valence-corrected chi connectivity index (χ3v) is 3.58. The van der Waals surface area contributed by atoms with Gasteiger partial charge in [-0.3, -0.25) is 0 Å². The molecule has 3 N–H and O–H groups in total. The summed E-state index contributed by atoms with van der Waals surface area (Å²) in [6, 6.07) is 6.99. The van der Waals surface area contributed by atoms with Gasteiger partial charge >= 0.3 is 0 Å². The summed E-state index contributed by atoms with van der Waals surface area (Å²) < 4.78 is 0. The van der Waals surface area contributed by atoms with Crippen LogP contribution >= 0.6 is 0 Å². The van der Waals surface area contributed by atoms with Crippen LogP contribution in [0, 0.1) is 0 Å². The van der Waals surface area contributed by atoms with Crippen molar-refractivity contribution in [3.05, 3.63) is 23.8 Å². The standard InChI is InChI=1S/C12H16N2/c13-8-5-6-10-9-3-1-2-4-11(9)14-12(10)7-8/h5-7,9,11,14H,1-4,13H2. The van der Waals surface area contributed by atoms with Gasteiger partial charge in [0.05, 0.1) is 0 Å². The van der Waals surface area contributed by atoms with Gasteiger partial charge < -0.3 is 11.1 Å². The molecule has 0 amide bonds. The van der Waals surface area contributed by atoms with Crippen molar-refractivity contribution in [1.29, 1.82) is 0 Å². The molecule has 0 aromatic heterocycles. The van der Waals surface area contributed by atoms with E-state index in [1.54, 1.807) is 0 Å². The SMILES string of the molecule is Nc1ccc2c(c1)NC1CCCCC21. The van der Waals surface area contributed by atoms with E-state index in [1.807, 2.05) is 6.07 Å². The number of nitrogens with two attached hydrogens (primary N) is 1. The van der Waals surface area contributed by atoms with E-state index < -0.39 is 0 Å². The number of fused-ring (bicyclic) bond motifs is 3. The molecule has 0 bridgehead atoms. The predicted molar refractivity (Wildman–Crippen MR) is 59.5 cm³/mol. The van der Waals surface area contributed by atoms with Crippen LogP contribution in [0.25, 0.3) is 0 Å². The zero-order chi connectivity index (χ0) is 9.54. The van der Waals surface area contributed by atoms with Crippen molar-refractivity contribution in [3.63, 3.8) is 0 Å². The van der Waals surface area contributed by atoms with Crippen LogP contribution in [0.3, 0.4) is 0 Å². The fourth-order valence-electron chi connectivity index (χ4n) is 2.90. The second kappa shape index (κ2) is 2.91. The molecule has 2 unspecified atom stereocenters. The lowest BCUT2D eigenvalue weighted by Gasteiger charge is -2.25. The first-order valence-corrected chi connectivity index (χ1v) is 5.50. The second-order valence-electron chi connectivity index (χ2n) is 4.49. The number of rotatable bonds is 0. The van der Waals surface area contributed by atoms with Crippen molar-refractivity contribution in [2.24, 2.45) is 0 Å². The summed E-state index contributed by atoms with van der Waals surface area (Å²) >= 11 is 0. The van der Waals surface area contributed by atoms with Crippen LogP contribution in [0.2, 0.25) is 0 Å². The lowest BCUT2D eigenvalue weighted by atomic mass is 9.83. The van der Waals surface area contributed by atoms with E-state index in [0.717, 1.165) is 11.6 Å². The summed E-state index contributed by atoms with van der Waals surface area (Å²) in [5.41, 5.74) is 9.42. The molecule has 14 heavy (non-hydrogen) atoms. The van der Waals surface area contributed by atoms with Gasteiger partial charge in [0.2, 0.25) is 0 Å². The Morgan fingerprint density at radius 3 is 3.00 bits per heavy atom. The normalized spacial score (nSPS) is 29.1. The zero-order valence-electron chi connectivity index (χ0n) is 8.29. The Morgan fingerprint density at radius 2 is 2.07 bits per heavy atom. The van der Waals surface area contributed by atoms with E-state index in [9.17, 15) is 0 Å². The van der Waals surface area contributed by atoms with Gasteiger partial charge in [-0.25, -0.2) is 0 Å². The van der Waals surface area contributed by atoms with Gasteiger partial charge in [0.25, 0.3) is 0 Å². The quantitative estimate of drug-likeness (QED) is 0.614. The van der Waals surface area contributed by atoms with E-state index in [0.29, 0.717) is 6.04 Å². The third kappa shape index (κ3) is 1.10.